The lowest BCUT2D eigenvalue weighted by Crippen LogP contribution is -2.31. The summed E-state index contributed by atoms with van der Waals surface area (Å²) in [7, 11) is -3.49. The van der Waals surface area contributed by atoms with Crippen LogP contribution < -0.4 is 5.32 Å². The van der Waals surface area contributed by atoms with Crippen LogP contribution in [0.5, 0.6) is 0 Å². The number of hydrogen-bond donors (Lipinski definition) is 1. The van der Waals surface area contributed by atoms with E-state index in [0.717, 1.165) is 49.0 Å². The highest BCUT2D eigenvalue weighted by Crippen LogP contribution is 2.26. The van der Waals surface area contributed by atoms with Gasteiger partial charge in [0.05, 0.1) is 4.88 Å². The minimum atomic E-state index is -3.49. The molecule has 0 atom stereocenters. The summed E-state index contributed by atoms with van der Waals surface area (Å²) >= 11 is 1.05. The number of benzene rings is 1. The van der Waals surface area contributed by atoms with Crippen LogP contribution in [0.25, 0.3) is 0 Å². The first-order valence-electron chi connectivity index (χ1n) is 8.99. The fraction of sp³-hybridized carbons (Fsp3) is 0.421. The number of nitrogens with one attached hydrogen (secondary N) is 1. The minimum Gasteiger partial charge on any atom is -0.351 e. The third-order valence-electron chi connectivity index (χ3n) is 4.51. The van der Waals surface area contributed by atoms with Gasteiger partial charge in [0, 0.05) is 19.6 Å². The summed E-state index contributed by atoms with van der Waals surface area (Å²) < 4.78 is 27.4. The van der Waals surface area contributed by atoms with E-state index in [1.165, 1.54) is 0 Å². The van der Waals surface area contributed by atoms with Crippen molar-refractivity contribution in [3.8, 4) is 0 Å². The fourth-order valence-corrected chi connectivity index (χ4v) is 5.94. The smallest absolute Gasteiger partial charge is 0.261 e. The van der Waals surface area contributed by atoms with Crippen molar-refractivity contribution >= 4 is 27.3 Å². The van der Waals surface area contributed by atoms with E-state index in [1.807, 2.05) is 30.3 Å². The number of nitrogens with zero attached hydrogens (tertiary/aromatic N) is 1. The zero-order valence-electron chi connectivity index (χ0n) is 14.7. The number of amides is 1. The lowest BCUT2D eigenvalue weighted by molar-refractivity contribution is 0.0958. The van der Waals surface area contributed by atoms with Gasteiger partial charge >= 0.3 is 0 Å². The number of sulfonamides is 1. The van der Waals surface area contributed by atoms with Gasteiger partial charge in [-0.2, -0.15) is 4.31 Å². The number of rotatable bonds is 6. The lowest BCUT2D eigenvalue weighted by atomic mass is 10.1. The van der Waals surface area contributed by atoms with Crippen LogP contribution in [0, 0.1) is 0 Å². The molecule has 0 radical (unpaired) electrons. The normalized spacial score (nSPS) is 16.2. The first kappa shape index (κ1) is 19.1. The molecule has 0 aliphatic carbocycles. The van der Waals surface area contributed by atoms with Crippen molar-refractivity contribution in [3.05, 3.63) is 52.9 Å². The molecule has 1 aliphatic rings. The van der Waals surface area contributed by atoms with Gasteiger partial charge in [0.1, 0.15) is 4.21 Å². The molecule has 0 bridgehead atoms. The van der Waals surface area contributed by atoms with Crippen LogP contribution in [0.1, 0.15) is 40.9 Å². The molecule has 7 heteroatoms. The Morgan fingerprint density at radius 2 is 1.69 bits per heavy atom. The molecule has 1 aromatic heterocycles. The molecule has 1 amide bonds. The van der Waals surface area contributed by atoms with E-state index in [4.69, 9.17) is 0 Å². The van der Waals surface area contributed by atoms with Gasteiger partial charge in [0.15, 0.2) is 0 Å². The Morgan fingerprint density at radius 3 is 2.38 bits per heavy atom. The minimum absolute atomic E-state index is 0.219. The van der Waals surface area contributed by atoms with Crippen LogP contribution in [0.4, 0.5) is 0 Å². The summed E-state index contributed by atoms with van der Waals surface area (Å²) in [6, 6.07) is 13.1. The molecule has 1 aliphatic heterocycles. The quantitative estimate of drug-likeness (QED) is 0.820. The van der Waals surface area contributed by atoms with Gasteiger partial charge in [-0.1, -0.05) is 43.2 Å². The molecule has 2 aromatic rings. The Kier molecular flexibility index (Phi) is 6.45. The topological polar surface area (TPSA) is 66.5 Å². The summed E-state index contributed by atoms with van der Waals surface area (Å²) in [5, 5.41) is 2.86. The van der Waals surface area contributed by atoms with E-state index in [2.05, 4.69) is 5.32 Å². The Labute approximate surface area is 159 Å². The van der Waals surface area contributed by atoms with Gasteiger partial charge in [-0.3, -0.25) is 4.79 Å². The largest absolute Gasteiger partial charge is 0.351 e. The molecule has 1 aromatic carbocycles. The number of carbonyl (C=O) groups excluding carboxylic acids is 1. The number of carbonyl (C=O) groups is 1. The van der Waals surface area contributed by atoms with E-state index < -0.39 is 10.0 Å². The maximum atomic E-state index is 12.8. The third-order valence-corrected chi connectivity index (χ3v) is 7.96. The van der Waals surface area contributed by atoms with E-state index in [9.17, 15) is 13.2 Å². The molecule has 5 nitrogen and oxygen atoms in total. The molecule has 0 unspecified atom stereocenters. The SMILES string of the molecule is O=C(NCCc1ccccc1)c1ccc(S(=O)(=O)N2CCCCCC2)s1. The molecule has 1 saturated heterocycles. The maximum absolute atomic E-state index is 12.8. The summed E-state index contributed by atoms with van der Waals surface area (Å²) in [4.78, 5) is 12.7. The van der Waals surface area contributed by atoms with Crippen LogP contribution in [-0.2, 0) is 16.4 Å². The van der Waals surface area contributed by atoms with Crippen molar-refractivity contribution in [2.75, 3.05) is 19.6 Å². The van der Waals surface area contributed by atoms with Crippen molar-refractivity contribution in [1.29, 1.82) is 0 Å². The second-order valence-electron chi connectivity index (χ2n) is 6.43. The Bertz CT molecular complexity index is 823. The standard InChI is InChI=1S/C19H24N2O3S2/c22-19(20-13-12-16-8-4-3-5-9-16)17-10-11-18(25-17)26(23,24)21-14-6-1-2-7-15-21/h3-5,8-11H,1-2,6-7,12-15H2,(H,20,22). The highest BCUT2D eigenvalue weighted by molar-refractivity contribution is 7.91. The summed E-state index contributed by atoms with van der Waals surface area (Å²) in [5.74, 6) is -0.219. The number of hydrogen-bond acceptors (Lipinski definition) is 4. The van der Waals surface area contributed by atoms with Crippen molar-refractivity contribution < 1.29 is 13.2 Å². The lowest BCUT2D eigenvalue weighted by Gasteiger charge is -2.18. The Morgan fingerprint density at radius 1 is 1.00 bits per heavy atom. The Balaban J connectivity index is 1.60. The monoisotopic (exact) mass is 392 g/mol. The zero-order valence-corrected chi connectivity index (χ0v) is 16.3. The number of thiophene rings is 1. The van der Waals surface area contributed by atoms with Crippen molar-refractivity contribution in [1.82, 2.24) is 9.62 Å². The van der Waals surface area contributed by atoms with Crippen molar-refractivity contribution in [2.24, 2.45) is 0 Å². The highest BCUT2D eigenvalue weighted by Gasteiger charge is 2.27. The predicted molar refractivity (Wildman–Crippen MR) is 104 cm³/mol. The predicted octanol–water partition coefficient (Wildman–Crippen LogP) is 3.29. The molecule has 1 fully saturated rings. The average Bonchev–Trinajstić information content (AvgIpc) is 2.99. The second-order valence-corrected chi connectivity index (χ2v) is 9.68. The Hall–Kier alpha value is -1.70. The summed E-state index contributed by atoms with van der Waals surface area (Å²) in [6.07, 6.45) is 4.70. The molecular weight excluding hydrogens is 368 g/mol. The average molecular weight is 393 g/mol. The van der Waals surface area contributed by atoms with Crippen LogP contribution in [0.2, 0.25) is 0 Å². The first-order valence-corrected chi connectivity index (χ1v) is 11.2. The zero-order chi connectivity index (χ0) is 18.4. The van der Waals surface area contributed by atoms with Crippen LogP contribution in [0.15, 0.2) is 46.7 Å². The first-order chi connectivity index (χ1) is 12.6. The molecule has 2 heterocycles. The van der Waals surface area contributed by atoms with Gasteiger partial charge in [0.25, 0.3) is 15.9 Å². The fourth-order valence-electron chi connectivity index (χ4n) is 3.04. The van der Waals surface area contributed by atoms with Gasteiger partial charge in [-0.05, 0) is 37.0 Å². The van der Waals surface area contributed by atoms with Gasteiger partial charge < -0.3 is 5.32 Å². The molecule has 26 heavy (non-hydrogen) atoms. The summed E-state index contributed by atoms with van der Waals surface area (Å²) in [5.41, 5.74) is 1.16. The van der Waals surface area contributed by atoms with Crippen molar-refractivity contribution in [3.63, 3.8) is 0 Å². The van der Waals surface area contributed by atoms with E-state index >= 15 is 0 Å². The molecule has 140 valence electrons. The van der Waals surface area contributed by atoms with Gasteiger partial charge in [-0.25, -0.2) is 8.42 Å². The van der Waals surface area contributed by atoms with Crippen LogP contribution >= 0.6 is 11.3 Å². The van der Waals surface area contributed by atoms with Gasteiger partial charge in [0.2, 0.25) is 0 Å². The van der Waals surface area contributed by atoms with E-state index in [-0.39, 0.29) is 10.1 Å². The molecule has 1 N–H and O–H groups in total. The van der Waals surface area contributed by atoms with Crippen LogP contribution in [0.3, 0.4) is 0 Å². The second kappa shape index (κ2) is 8.79. The molecule has 3 rings (SSSR count). The molecular formula is C19H24N2O3S2. The van der Waals surface area contributed by atoms with Crippen molar-refractivity contribution in [2.45, 2.75) is 36.3 Å². The molecule has 0 spiro atoms. The van der Waals surface area contributed by atoms with Crippen LogP contribution in [-0.4, -0.2) is 38.3 Å². The summed E-state index contributed by atoms with van der Waals surface area (Å²) in [6.45, 7) is 1.66. The third kappa shape index (κ3) is 4.72. The molecule has 0 saturated carbocycles. The maximum Gasteiger partial charge on any atom is 0.261 e. The highest BCUT2D eigenvalue weighted by atomic mass is 32.2. The van der Waals surface area contributed by atoms with Gasteiger partial charge in [-0.15, -0.1) is 11.3 Å². The van der Waals surface area contributed by atoms with E-state index in [0.29, 0.717) is 24.5 Å². The van der Waals surface area contributed by atoms with E-state index in [1.54, 1.807) is 16.4 Å².